The number of hydrogen-bond acceptors (Lipinski definition) is 3. The standard InChI is InChI=1S/C13H26N2O2S/c1-5-6-7-12-13(16)15(11(3)14-12)9-8-10(2)18(4)17/h10-12,14H,5-9H2,1-4H3. The number of hydrogen-bond donors (Lipinski definition) is 1. The average Bonchev–Trinajstić information content (AvgIpc) is 2.59. The third-order valence-corrected chi connectivity index (χ3v) is 5.05. The Bertz CT molecular complexity index is 309. The van der Waals surface area contributed by atoms with Crippen LogP contribution in [0.3, 0.4) is 0 Å². The maximum atomic E-state index is 12.2. The highest BCUT2D eigenvalue weighted by atomic mass is 32.2. The molecule has 0 aromatic heterocycles. The van der Waals surface area contributed by atoms with Gasteiger partial charge < -0.3 is 4.90 Å². The lowest BCUT2D eigenvalue weighted by Crippen LogP contribution is -2.36. The van der Waals surface area contributed by atoms with Gasteiger partial charge in [0, 0.05) is 28.9 Å². The number of unbranched alkanes of at least 4 members (excludes halogenated alkanes) is 1. The van der Waals surface area contributed by atoms with Crippen molar-refractivity contribution >= 4 is 16.7 Å². The number of nitrogens with zero attached hydrogens (tertiary/aromatic N) is 1. The van der Waals surface area contributed by atoms with Gasteiger partial charge in [-0.25, -0.2) is 0 Å². The Kier molecular flexibility index (Phi) is 6.29. The molecule has 4 nitrogen and oxygen atoms in total. The van der Waals surface area contributed by atoms with E-state index in [2.05, 4.69) is 12.2 Å². The van der Waals surface area contributed by atoms with Crippen LogP contribution in [0.15, 0.2) is 0 Å². The molecule has 4 atom stereocenters. The molecule has 4 unspecified atom stereocenters. The molecule has 1 fully saturated rings. The summed E-state index contributed by atoms with van der Waals surface area (Å²) in [4.78, 5) is 14.1. The van der Waals surface area contributed by atoms with Crippen LogP contribution in [0, 0.1) is 0 Å². The molecular formula is C13H26N2O2S. The van der Waals surface area contributed by atoms with Crippen LogP contribution in [-0.4, -0.2) is 45.3 Å². The van der Waals surface area contributed by atoms with Crippen LogP contribution < -0.4 is 5.32 Å². The van der Waals surface area contributed by atoms with Crippen molar-refractivity contribution in [3.63, 3.8) is 0 Å². The summed E-state index contributed by atoms with van der Waals surface area (Å²) in [6.07, 6.45) is 5.76. The third-order valence-electron chi connectivity index (χ3n) is 3.68. The summed E-state index contributed by atoms with van der Waals surface area (Å²) in [6.45, 7) is 6.84. The average molecular weight is 274 g/mol. The normalized spacial score (nSPS) is 27.6. The molecule has 1 N–H and O–H groups in total. The molecule has 106 valence electrons. The van der Waals surface area contributed by atoms with Crippen LogP contribution in [0.4, 0.5) is 0 Å². The number of carbonyl (C=O) groups is 1. The van der Waals surface area contributed by atoms with Gasteiger partial charge in [0.05, 0.1) is 12.2 Å². The summed E-state index contributed by atoms with van der Waals surface area (Å²) in [5.41, 5.74) is 0. The highest BCUT2D eigenvalue weighted by molar-refractivity contribution is 7.84. The van der Waals surface area contributed by atoms with E-state index in [1.54, 1.807) is 6.26 Å². The molecule has 18 heavy (non-hydrogen) atoms. The fourth-order valence-electron chi connectivity index (χ4n) is 2.25. The van der Waals surface area contributed by atoms with Gasteiger partial charge in [-0.15, -0.1) is 0 Å². The highest BCUT2D eigenvalue weighted by Gasteiger charge is 2.35. The molecule has 0 aromatic carbocycles. The summed E-state index contributed by atoms with van der Waals surface area (Å²) in [5, 5.41) is 3.49. The summed E-state index contributed by atoms with van der Waals surface area (Å²) in [5.74, 6) is 0.213. The van der Waals surface area contributed by atoms with Crippen LogP contribution in [0.25, 0.3) is 0 Å². The molecule has 1 saturated heterocycles. The smallest absolute Gasteiger partial charge is 0.241 e. The molecule has 0 aliphatic carbocycles. The van der Waals surface area contributed by atoms with Crippen molar-refractivity contribution in [1.82, 2.24) is 10.2 Å². The second-order valence-corrected chi connectivity index (χ2v) is 6.97. The fraction of sp³-hybridized carbons (Fsp3) is 0.923. The van der Waals surface area contributed by atoms with Crippen LogP contribution in [0.2, 0.25) is 0 Å². The predicted octanol–water partition coefficient (Wildman–Crippen LogP) is 1.48. The van der Waals surface area contributed by atoms with E-state index in [-0.39, 0.29) is 23.4 Å². The van der Waals surface area contributed by atoms with Crippen molar-refractivity contribution in [2.75, 3.05) is 12.8 Å². The SMILES string of the molecule is CCCCC1NC(C)N(CCC(C)S(C)=O)C1=O. The second-order valence-electron chi connectivity index (χ2n) is 5.17. The number of nitrogens with one attached hydrogen (secondary N) is 1. The zero-order valence-electron chi connectivity index (χ0n) is 11.9. The van der Waals surface area contributed by atoms with Gasteiger partial charge in [0.25, 0.3) is 0 Å². The lowest BCUT2D eigenvalue weighted by molar-refractivity contribution is -0.130. The largest absolute Gasteiger partial charge is 0.326 e. The third kappa shape index (κ3) is 4.05. The van der Waals surface area contributed by atoms with E-state index in [0.717, 1.165) is 25.7 Å². The molecule has 1 aliphatic heterocycles. The molecule has 1 aliphatic rings. The summed E-state index contributed by atoms with van der Waals surface area (Å²) in [6, 6.07) is -0.0117. The number of carbonyl (C=O) groups excluding carboxylic acids is 1. The first-order valence-electron chi connectivity index (χ1n) is 6.86. The molecule has 1 heterocycles. The maximum absolute atomic E-state index is 12.2. The van der Waals surface area contributed by atoms with Crippen molar-refractivity contribution in [1.29, 1.82) is 0 Å². The Morgan fingerprint density at radius 2 is 2.17 bits per heavy atom. The van der Waals surface area contributed by atoms with Crippen LogP contribution >= 0.6 is 0 Å². The zero-order chi connectivity index (χ0) is 13.7. The van der Waals surface area contributed by atoms with E-state index < -0.39 is 10.8 Å². The van der Waals surface area contributed by atoms with Gasteiger partial charge >= 0.3 is 0 Å². The molecule has 5 heteroatoms. The Morgan fingerprint density at radius 1 is 1.50 bits per heavy atom. The van der Waals surface area contributed by atoms with Gasteiger partial charge in [-0.05, 0) is 19.8 Å². The molecule has 0 radical (unpaired) electrons. The van der Waals surface area contributed by atoms with Crippen molar-refractivity contribution in [3.8, 4) is 0 Å². The van der Waals surface area contributed by atoms with Crippen LogP contribution in [0.1, 0.15) is 46.5 Å². The topological polar surface area (TPSA) is 49.4 Å². The van der Waals surface area contributed by atoms with E-state index in [4.69, 9.17) is 0 Å². The molecular weight excluding hydrogens is 248 g/mol. The fourth-order valence-corrected chi connectivity index (χ4v) is 2.69. The van der Waals surface area contributed by atoms with Gasteiger partial charge in [0.2, 0.25) is 5.91 Å². The Labute approximate surface area is 113 Å². The van der Waals surface area contributed by atoms with Gasteiger partial charge in [-0.3, -0.25) is 14.3 Å². The molecule has 1 rings (SSSR count). The minimum Gasteiger partial charge on any atom is -0.326 e. The summed E-state index contributed by atoms with van der Waals surface area (Å²) in [7, 11) is -0.805. The van der Waals surface area contributed by atoms with Crippen molar-refractivity contribution in [2.24, 2.45) is 0 Å². The lowest BCUT2D eigenvalue weighted by Gasteiger charge is -2.22. The molecule has 1 amide bonds. The van der Waals surface area contributed by atoms with Crippen LogP contribution in [-0.2, 0) is 15.6 Å². The van der Waals surface area contributed by atoms with Crippen LogP contribution in [0.5, 0.6) is 0 Å². The highest BCUT2D eigenvalue weighted by Crippen LogP contribution is 2.16. The van der Waals surface area contributed by atoms with Crippen molar-refractivity contribution in [3.05, 3.63) is 0 Å². The lowest BCUT2D eigenvalue weighted by atomic mass is 10.1. The molecule has 0 saturated carbocycles. The first kappa shape index (κ1) is 15.6. The second kappa shape index (κ2) is 7.24. The van der Waals surface area contributed by atoms with E-state index in [0.29, 0.717) is 6.54 Å². The van der Waals surface area contributed by atoms with E-state index >= 15 is 0 Å². The summed E-state index contributed by atoms with van der Waals surface area (Å²) >= 11 is 0. The minimum absolute atomic E-state index is 0.0117. The molecule has 0 bridgehead atoms. The zero-order valence-corrected chi connectivity index (χ0v) is 12.8. The number of amides is 1. The van der Waals surface area contributed by atoms with Crippen molar-refractivity contribution in [2.45, 2.75) is 63.9 Å². The molecule has 0 aromatic rings. The van der Waals surface area contributed by atoms with E-state index in [1.807, 2.05) is 18.7 Å². The minimum atomic E-state index is -0.805. The summed E-state index contributed by atoms with van der Waals surface area (Å²) < 4.78 is 11.3. The quantitative estimate of drug-likeness (QED) is 0.765. The van der Waals surface area contributed by atoms with Gasteiger partial charge in [0.15, 0.2) is 0 Å². The van der Waals surface area contributed by atoms with Crippen molar-refractivity contribution < 1.29 is 9.00 Å². The first-order valence-corrected chi connectivity index (χ1v) is 8.48. The van der Waals surface area contributed by atoms with Gasteiger partial charge in [-0.1, -0.05) is 26.7 Å². The Balaban J connectivity index is 2.46. The Hall–Kier alpha value is -0.420. The predicted molar refractivity (Wildman–Crippen MR) is 75.8 cm³/mol. The monoisotopic (exact) mass is 274 g/mol. The van der Waals surface area contributed by atoms with E-state index in [1.165, 1.54) is 0 Å². The maximum Gasteiger partial charge on any atom is 0.241 e. The molecule has 0 spiro atoms. The Morgan fingerprint density at radius 3 is 2.72 bits per heavy atom. The van der Waals surface area contributed by atoms with Gasteiger partial charge in [-0.2, -0.15) is 0 Å². The first-order chi connectivity index (χ1) is 8.47. The van der Waals surface area contributed by atoms with E-state index in [9.17, 15) is 9.00 Å². The van der Waals surface area contributed by atoms with Gasteiger partial charge in [0.1, 0.15) is 0 Å². The number of rotatable bonds is 7.